The number of hydrogen-bond donors (Lipinski definition) is 2. The number of carboxylic acids is 1. The van der Waals surface area contributed by atoms with Gasteiger partial charge in [0, 0.05) is 0 Å². The molecule has 3 N–H and O–H groups in total. The van der Waals surface area contributed by atoms with Gasteiger partial charge >= 0.3 is 5.97 Å². The van der Waals surface area contributed by atoms with Crippen molar-refractivity contribution in [1.29, 1.82) is 0 Å². The van der Waals surface area contributed by atoms with Gasteiger partial charge in [-0.15, -0.1) is 0 Å². The van der Waals surface area contributed by atoms with Crippen molar-refractivity contribution in [2.45, 2.75) is 141 Å². The second-order valence-electron chi connectivity index (χ2n) is 8.10. The largest absolute Gasteiger partial charge is 0.480 e. The molecule has 156 valence electrons. The molecule has 0 aromatic heterocycles. The van der Waals surface area contributed by atoms with E-state index in [-0.39, 0.29) is 0 Å². The second-order valence-corrected chi connectivity index (χ2v) is 8.10. The van der Waals surface area contributed by atoms with Crippen molar-refractivity contribution in [3.05, 3.63) is 0 Å². The summed E-state index contributed by atoms with van der Waals surface area (Å²) in [6, 6.07) is -0.666. The Bertz CT molecular complexity index is 294. The van der Waals surface area contributed by atoms with E-state index >= 15 is 0 Å². The topological polar surface area (TPSA) is 63.3 Å². The minimum Gasteiger partial charge on any atom is -0.480 e. The maximum atomic E-state index is 10.6. The van der Waals surface area contributed by atoms with E-state index < -0.39 is 12.0 Å². The summed E-state index contributed by atoms with van der Waals surface area (Å²) in [4.78, 5) is 10.6. The molecule has 0 saturated heterocycles. The zero-order chi connectivity index (χ0) is 19.3. The van der Waals surface area contributed by atoms with Crippen molar-refractivity contribution in [3.8, 4) is 0 Å². The van der Waals surface area contributed by atoms with Gasteiger partial charge in [-0.3, -0.25) is 4.79 Å². The van der Waals surface area contributed by atoms with Crippen molar-refractivity contribution < 1.29 is 9.90 Å². The molecule has 0 saturated carbocycles. The molecule has 0 aromatic carbocycles. The molecular formula is C23H47NO2. The Morgan fingerprint density at radius 2 is 0.885 bits per heavy atom. The van der Waals surface area contributed by atoms with Crippen LogP contribution in [0.1, 0.15) is 135 Å². The zero-order valence-corrected chi connectivity index (χ0v) is 17.7. The Hall–Kier alpha value is -0.570. The highest BCUT2D eigenvalue weighted by molar-refractivity contribution is 5.72. The fraction of sp³-hybridized carbons (Fsp3) is 0.957. The average Bonchev–Trinajstić information content (AvgIpc) is 2.63. The summed E-state index contributed by atoms with van der Waals surface area (Å²) < 4.78 is 0. The van der Waals surface area contributed by atoms with Gasteiger partial charge in [-0.25, -0.2) is 0 Å². The molecule has 0 bridgehead atoms. The van der Waals surface area contributed by atoms with Crippen LogP contribution in [0, 0.1) is 0 Å². The molecule has 0 radical (unpaired) electrons. The number of carbonyl (C=O) groups is 1. The van der Waals surface area contributed by atoms with Crippen LogP contribution in [0.25, 0.3) is 0 Å². The summed E-state index contributed by atoms with van der Waals surface area (Å²) in [5, 5.41) is 8.71. The third-order valence-electron chi connectivity index (χ3n) is 5.44. The number of rotatable bonds is 21. The monoisotopic (exact) mass is 369 g/mol. The summed E-state index contributed by atoms with van der Waals surface area (Å²) in [6.07, 6.45) is 26.5. The second kappa shape index (κ2) is 20.7. The van der Waals surface area contributed by atoms with Gasteiger partial charge in [0.05, 0.1) is 0 Å². The van der Waals surface area contributed by atoms with Gasteiger partial charge in [-0.05, 0) is 6.42 Å². The number of hydrogen-bond acceptors (Lipinski definition) is 2. The van der Waals surface area contributed by atoms with Gasteiger partial charge in [0.1, 0.15) is 6.04 Å². The minimum atomic E-state index is -0.868. The Balaban J connectivity index is 3.04. The normalized spacial score (nSPS) is 12.4. The molecule has 0 aliphatic rings. The van der Waals surface area contributed by atoms with Gasteiger partial charge in [-0.2, -0.15) is 0 Å². The van der Waals surface area contributed by atoms with Crippen LogP contribution >= 0.6 is 0 Å². The van der Waals surface area contributed by atoms with E-state index in [1.165, 1.54) is 109 Å². The lowest BCUT2D eigenvalue weighted by Crippen LogP contribution is -2.29. The van der Waals surface area contributed by atoms with Gasteiger partial charge in [0.2, 0.25) is 0 Å². The molecule has 0 aliphatic heterocycles. The van der Waals surface area contributed by atoms with Gasteiger partial charge in [0.25, 0.3) is 0 Å². The number of carboxylic acid groups (broad SMARTS) is 1. The first-order chi connectivity index (χ1) is 12.7. The highest BCUT2D eigenvalue weighted by Crippen LogP contribution is 2.14. The van der Waals surface area contributed by atoms with Crippen molar-refractivity contribution in [2.75, 3.05) is 0 Å². The van der Waals surface area contributed by atoms with E-state index in [9.17, 15) is 4.79 Å². The van der Waals surface area contributed by atoms with Crippen LogP contribution < -0.4 is 5.73 Å². The van der Waals surface area contributed by atoms with Crippen LogP contribution in [-0.4, -0.2) is 17.1 Å². The predicted molar refractivity (Wildman–Crippen MR) is 114 cm³/mol. The lowest BCUT2D eigenvalue weighted by Gasteiger charge is -2.06. The van der Waals surface area contributed by atoms with Gasteiger partial charge in [-0.1, -0.05) is 129 Å². The number of aliphatic carboxylic acids is 1. The molecule has 3 nitrogen and oxygen atoms in total. The summed E-state index contributed by atoms with van der Waals surface area (Å²) in [5.41, 5.74) is 5.49. The van der Waals surface area contributed by atoms with E-state index in [1.807, 2.05) is 0 Å². The Kier molecular flexibility index (Phi) is 20.3. The Morgan fingerprint density at radius 3 is 1.15 bits per heavy atom. The summed E-state index contributed by atoms with van der Waals surface area (Å²) in [6.45, 7) is 2.28. The maximum Gasteiger partial charge on any atom is 0.320 e. The molecule has 3 heteroatoms. The van der Waals surface area contributed by atoms with E-state index in [1.54, 1.807) is 0 Å². The van der Waals surface area contributed by atoms with Crippen LogP contribution in [0.2, 0.25) is 0 Å². The summed E-state index contributed by atoms with van der Waals surface area (Å²) in [5.74, 6) is -0.868. The summed E-state index contributed by atoms with van der Waals surface area (Å²) >= 11 is 0. The smallest absolute Gasteiger partial charge is 0.320 e. The quantitative estimate of drug-likeness (QED) is 0.210. The standard InChI is InChI=1S/C23H47NO2/c1-2-3-4-5-6-7-8-9-10-11-12-13-14-15-16-17-18-19-20-21-22(24)23(25)26/h22H,2-21,24H2,1H3,(H,25,26). The Labute approximate surface area is 163 Å². The number of unbranched alkanes of at least 4 members (excludes halogenated alkanes) is 18. The fourth-order valence-corrected chi connectivity index (χ4v) is 3.57. The molecule has 26 heavy (non-hydrogen) atoms. The van der Waals surface area contributed by atoms with Crippen LogP contribution in [0.4, 0.5) is 0 Å². The molecule has 1 unspecified atom stereocenters. The first kappa shape index (κ1) is 25.4. The van der Waals surface area contributed by atoms with Crippen molar-refractivity contribution in [2.24, 2.45) is 5.73 Å². The van der Waals surface area contributed by atoms with E-state index in [0.29, 0.717) is 6.42 Å². The zero-order valence-electron chi connectivity index (χ0n) is 17.7. The van der Waals surface area contributed by atoms with Crippen LogP contribution in [0.5, 0.6) is 0 Å². The average molecular weight is 370 g/mol. The van der Waals surface area contributed by atoms with Crippen LogP contribution in [-0.2, 0) is 4.79 Å². The highest BCUT2D eigenvalue weighted by Gasteiger charge is 2.09. The fourth-order valence-electron chi connectivity index (χ4n) is 3.57. The van der Waals surface area contributed by atoms with Gasteiger partial charge in [0.15, 0.2) is 0 Å². The highest BCUT2D eigenvalue weighted by atomic mass is 16.4. The van der Waals surface area contributed by atoms with E-state index in [4.69, 9.17) is 10.8 Å². The third-order valence-corrected chi connectivity index (χ3v) is 5.44. The van der Waals surface area contributed by atoms with E-state index in [2.05, 4.69) is 6.92 Å². The SMILES string of the molecule is CCCCCCCCCCCCCCCCCCCCCC(N)C(=O)O. The van der Waals surface area contributed by atoms with Crippen molar-refractivity contribution in [1.82, 2.24) is 0 Å². The molecule has 0 aliphatic carbocycles. The Morgan fingerprint density at radius 1 is 0.615 bits per heavy atom. The van der Waals surface area contributed by atoms with Gasteiger partial charge < -0.3 is 10.8 Å². The van der Waals surface area contributed by atoms with Crippen LogP contribution in [0.15, 0.2) is 0 Å². The minimum absolute atomic E-state index is 0.619. The molecule has 0 spiro atoms. The molecule has 1 atom stereocenters. The number of nitrogens with two attached hydrogens (primary N) is 1. The lowest BCUT2D eigenvalue weighted by atomic mass is 10.0. The predicted octanol–water partition coefficient (Wildman–Crippen LogP) is 7.22. The molecular weight excluding hydrogens is 322 g/mol. The van der Waals surface area contributed by atoms with E-state index in [0.717, 1.165) is 12.8 Å². The first-order valence-corrected chi connectivity index (χ1v) is 11.7. The van der Waals surface area contributed by atoms with Crippen molar-refractivity contribution >= 4 is 5.97 Å². The molecule has 0 heterocycles. The molecule has 0 rings (SSSR count). The van der Waals surface area contributed by atoms with Crippen LogP contribution in [0.3, 0.4) is 0 Å². The molecule has 0 aromatic rings. The first-order valence-electron chi connectivity index (χ1n) is 11.7. The molecule has 0 amide bonds. The van der Waals surface area contributed by atoms with Crippen molar-refractivity contribution in [3.63, 3.8) is 0 Å². The molecule has 0 fully saturated rings. The maximum absolute atomic E-state index is 10.6. The lowest BCUT2D eigenvalue weighted by molar-refractivity contribution is -0.138. The third kappa shape index (κ3) is 19.8. The summed E-state index contributed by atoms with van der Waals surface area (Å²) in [7, 11) is 0.